The van der Waals surface area contributed by atoms with Crippen LogP contribution in [-0.2, 0) is 25.8 Å². The molecule has 2 aliphatic heterocycles. The zero-order valence-electron chi connectivity index (χ0n) is 15.2. The molecule has 0 atom stereocenters. The van der Waals surface area contributed by atoms with Crippen molar-refractivity contribution in [1.29, 1.82) is 0 Å². The highest BCUT2D eigenvalue weighted by Gasteiger charge is 2.32. The van der Waals surface area contributed by atoms with Crippen LogP contribution in [-0.4, -0.2) is 29.4 Å². The van der Waals surface area contributed by atoms with Crippen LogP contribution < -0.4 is 4.90 Å². The number of anilines is 1. The van der Waals surface area contributed by atoms with Gasteiger partial charge in [0.15, 0.2) is 0 Å². The molecule has 0 radical (unpaired) electrons. The Hall–Kier alpha value is -3.59. The SMILES string of the molecule is O=C(CCN1Cc2ccccc2C#Cc2ccccc21)ON1C(=O)CCC1=O. The summed E-state index contributed by atoms with van der Waals surface area (Å²) in [7, 11) is 0. The Morgan fingerprint density at radius 1 is 0.929 bits per heavy atom. The summed E-state index contributed by atoms with van der Waals surface area (Å²) in [5.41, 5.74) is 3.85. The van der Waals surface area contributed by atoms with Crippen molar-refractivity contribution in [1.82, 2.24) is 5.06 Å². The molecule has 2 aliphatic rings. The molecule has 28 heavy (non-hydrogen) atoms. The number of para-hydroxylation sites is 1. The quantitative estimate of drug-likeness (QED) is 0.607. The van der Waals surface area contributed by atoms with E-state index in [1.54, 1.807) is 0 Å². The minimum absolute atomic E-state index is 0.0426. The summed E-state index contributed by atoms with van der Waals surface area (Å²) in [5, 5.41) is 0.588. The molecule has 6 nitrogen and oxygen atoms in total. The van der Waals surface area contributed by atoms with Crippen LogP contribution >= 0.6 is 0 Å². The fraction of sp³-hybridized carbons (Fsp3) is 0.227. The Balaban J connectivity index is 1.52. The van der Waals surface area contributed by atoms with Crippen molar-refractivity contribution in [3.05, 3.63) is 65.2 Å². The van der Waals surface area contributed by atoms with Gasteiger partial charge in [-0.3, -0.25) is 9.59 Å². The van der Waals surface area contributed by atoms with Gasteiger partial charge in [0.2, 0.25) is 0 Å². The minimum atomic E-state index is -0.609. The van der Waals surface area contributed by atoms with E-state index >= 15 is 0 Å². The molecule has 0 saturated carbocycles. The second-order valence-corrected chi connectivity index (χ2v) is 6.64. The topological polar surface area (TPSA) is 66.9 Å². The third-order valence-electron chi connectivity index (χ3n) is 4.74. The van der Waals surface area contributed by atoms with Gasteiger partial charge in [-0.1, -0.05) is 42.2 Å². The van der Waals surface area contributed by atoms with Gasteiger partial charge in [-0.15, -0.1) is 5.06 Å². The molecule has 0 N–H and O–H groups in total. The zero-order chi connectivity index (χ0) is 19.5. The van der Waals surface area contributed by atoms with Crippen LogP contribution in [0.25, 0.3) is 0 Å². The molecule has 1 fully saturated rings. The molecular formula is C22H18N2O4. The smallest absolute Gasteiger partial charge is 0.334 e. The predicted octanol–water partition coefficient (Wildman–Crippen LogP) is 2.40. The van der Waals surface area contributed by atoms with Crippen molar-refractivity contribution in [2.75, 3.05) is 11.4 Å². The number of hydrogen-bond acceptors (Lipinski definition) is 5. The number of imide groups is 1. The highest BCUT2D eigenvalue weighted by atomic mass is 16.7. The molecule has 140 valence electrons. The van der Waals surface area contributed by atoms with E-state index in [1.807, 2.05) is 48.5 Å². The monoisotopic (exact) mass is 374 g/mol. The predicted molar refractivity (Wildman–Crippen MR) is 102 cm³/mol. The lowest BCUT2D eigenvalue weighted by molar-refractivity contribution is -0.197. The number of rotatable bonds is 4. The van der Waals surface area contributed by atoms with E-state index in [-0.39, 0.29) is 19.3 Å². The second-order valence-electron chi connectivity index (χ2n) is 6.64. The van der Waals surface area contributed by atoms with Crippen molar-refractivity contribution in [3.63, 3.8) is 0 Å². The van der Waals surface area contributed by atoms with Crippen LogP contribution in [0.2, 0.25) is 0 Å². The molecule has 6 heteroatoms. The van der Waals surface area contributed by atoms with Crippen molar-refractivity contribution in [2.24, 2.45) is 0 Å². The molecule has 2 heterocycles. The Bertz CT molecular complexity index is 1000. The number of hydroxylamine groups is 2. The molecule has 0 bridgehead atoms. The first-order valence-corrected chi connectivity index (χ1v) is 9.12. The van der Waals surface area contributed by atoms with Crippen molar-refractivity contribution >= 4 is 23.5 Å². The number of benzene rings is 2. The summed E-state index contributed by atoms with van der Waals surface area (Å²) < 4.78 is 0. The maximum absolute atomic E-state index is 12.2. The van der Waals surface area contributed by atoms with Gasteiger partial charge in [0, 0.05) is 37.1 Å². The highest BCUT2D eigenvalue weighted by molar-refractivity contribution is 6.01. The third kappa shape index (κ3) is 3.60. The van der Waals surface area contributed by atoms with Crippen LogP contribution in [0.15, 0.2) is 48.5 Å². The van der Waals surface area contributed by atoms with Gasteiger partial charge in [-0.2, -0.15) is 0 Å². The van der Waals surface area contributed by atoms with Gasteiger partial charge in [-0.05, 0) is 23.8 Å². The maximum atomic E-state index is 12.2. The first kappa shape index (κ1) is 17.8. The Kier molecular flexibility index (Phi) is 4.81. The number of fused-ring (bicyclic) bond motifs is 2. The molecule has 4 rings (SSSR count). The normalized spacial score (nSPS) is 15.1. The fourth-order valence-electron chi connectivity index (χ4n) is 3.29. The van der Waals surface area contributed by atoms with E-state index in [1.165, 1.54) is 0 Å². The van der Waals surface area contributed by atoms with Gasteiger partial charge >= 0.3 is 5.97 Å². The van der Waals surface area contributed by atoms with E-state index in [0.29, 0.717) is 18.2 Å². The second kappa shape index (κ2) is 7.57. The lowest BCUT2D eigenvalue weighted by atomic mass is 10.0. The summed E-state index contributed by atoms with van der Waals surface area (Å²) in [4.78, 5) is 42.5. The third-order valence-corrected chi connectivity index (χ3v) is 4.74. The summed E-state index contributed by atoms with van der Waals surface area (Å²) >= 11 is 0. The van der Waals surface area contributed by atoms with Crippen molar-refractivity contribution in [3.8, 4) is 11.8 Å². The molecule has 2 aromatic rings. The lowest BCUT2D eigenvalue weighted by Gasteiger charge is -2.27. The molecule has 2 amide bonds. The first-order chi connectivity index (χ1) is 13.6. The molecule has 0 spiro atoms. The number of carbonyl (C=O) groups is 3. The molecule has 2 aromatic carbocycles. The summed E-state index contributed by atoms with van der Waals surface area (Å²) in [6.45, 7) is 0.971. The Labute approximate surface area is 162 Å². The van der Waals surface area contributed by atoms with Crippen molar-refractivity contribution < 1.29 is 19.2 Å². The average molecular weight is 374 g/mol. The largest absolute Gasteiger partial charge is 0.366 e. The number of amides is 2. The summed E-state index contributed by atoms with van der Waals surface area (Å²) in [5.74, 6) is 4.86. The van der Waals surface area contributed by atoms with Crippen LogP contribution in [0, 0.1) is 11.8 Å². The van der Waals surface area contributed by atoms with Gasteiger partial charge in [-0.25, -0.2) is 4.79 Å². The van der Waals surface area contributed by atoms with Gasteiger partial charge in [0.25, 0.3) is 11.8 Å². The standard InChI is InChI=1S/C22H18N2O4/c25-20-11-12-21(26)24(20)28-22(27)13-14-23-15-18-7-2-1-5-16(18)9-10-17-6-3-4-8-19(17)23/h1-8H,11-15H2. The Morgan fingerprint density at radius 3 is 2.36 bits per heavy atom. The maximum Gasteiger partial charge on any atom is 0.334 e. The summed E-state index contributed by atoms with van der Waals surface area (Å²) in [6, 6.07) is 15.7. The van der Waals surface area contributed by atoms with Gasteiger partial charge in [0.1, 0.15) is 0 Å². The van der Waals surface area contributed by atoms with Gasteiger partial charge < -0.3 is 9.74 Å². The van der Waals surface area contributed by atoms with Crippen LogP contribution in [0.3, 0.4) is 0 Å². The van der Waals surface area contributed by atoms with E-state index < -0.39 is 17.8 Å². The van der Waals surface area contributed by atoms with E-state index in [4.69, 9.17) is 4.84 Å². The van der Waals surface area contributed by atoms with E-state index in [9.17, 15) is 14.4 Å². The van der Waals surface area contributed by atoms with Gasteiger partial charge in [0.05, 0.1) is 12.1 Å². The van der Waals surface area contributed by atoms with E-state index in [2.05, 4.69) is 16.7 Å². The average Bonchev–Trinajstić information content (AvgIpc) is 3.01. The van der Waals surface area contributed by atoms with Crippen LogP contribution in [0.1, 0.15) is 36.0 Å². The molecule has 0 unspecified atom stereocenters. The highest BCUT2D eigenvalue weighted by Crippen LogP contribution is 2.25. The van der Waals surface area contributed by atoms with E-state index in [0.717, 1.165) is 22.4 Å². The molecular weight excluding hydrogens is 356 g/mol. The fourth-order valence-corrected chi connectivity index (χ4v) is 3.29. The lowest BCUT2D eigenvalue weighted by Crippen LogP contribution is -2.34. The Morgan fingerprint density at radius 2 is 1.57 bits per heavy atom. The number of nitrogens with zero attached hydrogens (tertiary/aromatic N) is 2. The number of carbonyl (C=O) groups excluding carboxylic acids is 3. The first-order valence-electron chi connectivity index (χ1n) is 9.12. The molecule has 0 aromatic heterocycles. The van der Waals surface area contributed by atoms with Crippen LogP contribution in [0.5, 0.6) is 0 Å². The van der Waals surface area contributed by atoms with Crippen LogP contribution in [0.4, 0.5) is 5.69 Å². The summed E-state index contributed by atoms with van der Waals surface area (Å²) in [6.07, 6.45) is 0.211. The minimum Gasteiger partial charge on any atom is -0.366 e. The number of hydrogen-bond donors (Lipinski definition) is 0. The molecule has 0 aliphatic carbocycles. The molecule has 1 saturated heterocycles. The zero-order valence-corrected chi connectivity index (χ0v) is 15.2. The van der Waals surface area contributed by atoms with Crippen molar-refractivity contribution in [2.45, 2.75) is 25.8 Å².